The van der Waals surface area contributed by atoms with Crippen LogP contribution in [0.25, 0.3) is 0 Å². The van der Waals surface area contributed by atoms with Crippen LogP contribution in [-0.2, 0) is 0 Å². The van der Waals surface area contributed by atoms with Crippen molar-refractivity contribution in [2.24, 2.45) is 0 Å². The van der Waals surface area contributed by atoms with Crippen molar-refractivity contribution in [3.8, 4) is 23.0 Å². The molecule has 2 unspecified atom stereocenters. The van der Waals surface area contributed by atoms with Crippen molar-refractivity contribution in [3.05, 3.63) is 12.1 Å². The van der Waals surface area contributed by atoms with Crippen molar-refractivity contribution < 1.29 is 24.1 Å². The van der Waals surface area contributed by atoms with Gasteiger partial charge in [0.2, 0.25) is 5.75 Å². The third-order valence-electron chi connectivity index (χ3n) is 3.84. The summed E-state index contributed by atoms with van der Waals surface area (Å²) in [5, 5.41) is 10.2. The summed E-state index contributed by atoms with van der Waals surface area (Å²) < 4.78 is 21.9. The Morgan fingerprint density at radius 1 is 0.905 bits per heavy atom. The number of aliphatic hydroxyl groups is 1. The molecule has 1 fully saturated rings. The van der Waals surface area contributed by atoms with Crippen LogP contribution in [0.1, 0.15) is 32.1 Å². The predicted molar refractivity (Wildman–Crippen MR) is 79.6 cm³/mol. The fourth-order valence-electron chi connectivity index (χ4n) is 2.69. The SMILES string of the molecule is COc1cc(OC2CCCCCC2O)cc(OC)c1OC. The average molecular weight is 296 g/mol. The fraction of sp³-hybridized carbons (Fsp3) is 0.625. The predicted octanol–water partition coefficient (Wildman–Crippen LogP) is 2.78. The lowest BCUT2D eigenvalue weighted by atomic mass is 10.1. The van der Waals surface area contributed by atoms with Gasteiger partial charge in [-0.2, -0.15) is 0 Å². The third-order valence-corrected chi connectivity index (χ3v) is 3.84. The second-order valence-corrected chi connectivity index (χ2v) is 5.22. The Balaban J connectivity index is 2.22. The number of benzene rings is 1. The van der Waals surface area contributed by atoms with Crippen LogP contribution >= 0.6 is 0 Å². The van der Waals surface area contributed by atoms with Crippen LogP contribution in [0, 0.1) is 0 Å². The number of rotatable bonds is 5. The molecule has 0 aliphatic heterocycles. The molecule has 1 saturated carbocycles. The highest BCUT2D eigenvalue weighted by atomic mass is 16.5. The smallest absolute Gasteiger partial charge is 0.203 e. The normalized spacial score (nSPS) is 22.3. The Bertz CT molecular complexity index is 435. The van der Waals surface area contributed by atoms with Gasteiger partial charge in [0.1, 0.15) is 11.9 Å². The van der Waals surface area contributed by atoms with Gasteiger partial charge in [-0.15, -0.1) is 0 Å². The molecule has 1 N–H and O–H groups in total. The van der Waals surface area contributed by atoms with E-state index in [1.165, 1.54) is 0 Å². The number of methoxy groups -OCH3 is 3. The van der Waals surface area contributed by atoms with Crippen LogP contribution in [0.2, 0.25) is 0 Å². The Hall–Kier alpha value is -1.62. The Morgan fingerprint density at radius 3 is 2.10 bits per heavy atom. The van der Waals surface area contributed by atoms with Gasteiger partial charge >= 0.3 is 0 Å². The highest BCUT2D eigenvalue weighted by molar-refractivity contribution is 5.55. The summed E-state index contributed by atoms with van der Waals surface area (Å²) >= 11 is 0. The summed E-state index contributed by atoms with van der Waals surface area (Å²) in [6.45, 7) is 0. The second-order valence-electron chi connectivity index (χ2n) is 5.22. The molecule has 1 aromatic carbocycles. The Labute approximate surface area is 125 Å². The van der Waals surface area contributed by atoms with Gasteiger partial charge in [0.15, 0.2) is 11.5 Å². The van der Waals surface area contributed by atoms with Crippen molar-refractivity contribution in [1.29, 1.82) is 0 Å². The molecule has 0 saturated heterocycles. The number of hydrogen-bond acceptors (Lipinski definition) is 5. The standard InChI is InChI=1S/C16H24O5/c1-18-14-9-11(10-15(19-2)16(14)20-3)21-13-8-6-4-5-7-12(13)17/h9-10,12-13,17H,4-8H2,1-3H3. The molecule has 1 aliphatic carbocycles. The van der Waals surface area contributed by atoms with Crippen molar-refractivity contribution >= 4 is 0 Å². The van der Waals surface area contributed by atoms with E-state index in [-0.39, 0.29) is 6.10 Å². The van der Waals surface area contributed by atoms with E-state index < -0.39 is 6.10 Å². The van der Waals surface area contributed by atoms with E-state index in [0.717, 1.165) is 32.1 Å². The molecule has 1 aromatic rings. The highest BCUT2D eigenvalue weighted by Crippen LogP contribution is 2.41. The first-order valence-electron chi connectivity index (χ1n) is 7.34. The molecule has 0 bridgehead atoms. The van der Waals surface area contributed by atoms with Crippen LogP contribution in [0.15, 0.2) is 12.1 Å². The molecule has 5 nitrogen and oxygen atoms in total. The monoisotopic (exact) mass is 296 g/mol. The molecule has 1 aliphatic rings. The van der Waals surface area contributed by atoms with Gasteiger partial charge in [-0.1, -0.05) is 12.8 Å². The van der Waals surface area contributed by atoms with Crippen LogP contribution in [-0.4, -0.2) is 38.6 Å². The molecule has 5 heteroatoms. The second kappa shape index (κ2) is 7.41. The summed E-state index contributed by atoms with van der Waals surface area (Å²) in [5.74, 6) is 2.26. The van der Waals surface area contributed by atoms with Crippen LogP contribution < -0.4 is 18.9 Å². The lowest BCUT2D eigenvalue weighted by Crippen LogP contribution is -2.30. The molecule has 0 radical (unpaired) electrons. The largest absolute Gasteiger partial charge is 0.493 e. The molecular formula is C16H24O5. The zero-order chi connectivity index (χ0) is 15.2. The molecule has 21 heavy (non-hydrogen) atoms. The van der Waals surface area contributed by atoms with Crippen LogP contribution in [0.5, 0.6) is 23.0 Å². The minimum absolute atomic E-state index is 0.185. The summed E-state index contributed by atoms with van der Waals surface area (Å²) in [5.41, 5.74) is 0. The van der Waals surface area contributed by atoms with Gasteiger partial charge in [-0.05, 0) is 19.3 Å². The van der Waals surface area contributed by atoms with E-state index >= 15 is 0 Å². The minimum atomic E-state index is -0.424. The van der Waals surface area contributed by atoms with Crippen molar-refractivity contribution in [2.45, 2.75) is 44.3 Å². The molecule has 2 rings (SSSR count). The van der Waals surface area contributed by atoms with E-state index in [4.69, 9.17) is 18.9 Å². The third kappa shape index (κ3) is 3.73. The molecule has 0 aromatic heterocycles. The summed E-state index contributed by atoms with van der Waals surface area (Å²) in [4.78, 5) is 0. The summed E-state index contributed by atoms with van der Waals surface area (Å²) in [7, 11) is 4.71. The molecular weight excluding hydrogens is 272 g/mol. The molecule has 0 spiro atoms. The number of hydrogen-bond donors (Lipinski definition) is 1. The number of aliphatic hydroxyl groups excluding tert-OH is 1. The average Bonchev–Trinajstić information content (AvgIpc) is 2.71. The first-order chi connectivity index (χ1) is 10.2. The number of ether oxygens (including phenoxy) is 4. The van der Waals surface area contributed by atoms with Crippen LogP contribution in [0.4, 0.5) is 0 Å². The fourth-order valence-corrected chi connectivity index (χ4v) is 2.69. The van der Waals surface area contributed by atoms with E-state index in [1.807, 2.05) is 0 Å². The van der Waals surface area contributed by atoms with Gasteiger partial charge in [0, 0.05) is 12.1 Å². The molecule has 2 atom stereocenters. The van der Waals surface area contributed by atoms with Gasteiger partial charge in [0.25, 0.3) is 0 Å². The Kier molecular flexibility index (Phi) is 5.56. The van der Waals surface area contributed by atoms with E-state index in [9.17, 15) is 5.11 Å². The maximum Gasteiger partial charge on any atom is 0.203 e. The maximum atomic E-state index is 10.2. The van der Waals surface area contributed by atoms with Crippen LogP contribution in [0.3, 0.4) is 0 Å². The van der Waals surface area contributed by atoms with Crippen molar-refractivity contribution in [1.82, 2.24) is 0 Å². The summed E-state index contributed by atoms with van der Waals surface area (Å²) in [6, 6.07) is 3.53. The topological polar surface area (TPSA) is 57.2 Å². The minimum Gasteiger partial charge on any atom is -0.493 e. The van der Waals surface area contributed by atoms with Crippen molar-refractivity contribution in [2.75, 3.05) is 21.3 Å². The van der Waals surface area contributed by atoms with Gasteiger partial charge in [-0.3, -0.25) is 0 Å². The van der Waals surface area contributed by atoms with Gasteiger partial charge in [0.05, 0.1) is 27.4 Å². The highest BCUT2D eigenvalue weighted by Gasteiger charge is 2.24. The first-order valence-corrected chi connectivity index (χ1v) is 7.34. The zero-order valence-electron chi connectivity index (χ0n) is 12.9. The molecule has 0 amide bonds. The maximum absolute atomic E-state index is 10.2. The first kappa shape index (κ1) is 15.8. The lowest BCUT2D eigenvalue weighted by Gasteiger charge is -2.23. The quantitative estimate of drug-likeness (QED) is 0.847. The van der Waals surface area contributed by atoms with Gasteiger partial charge in [-0.25, -0.2) is 0 Å². The van der Waals surface area contributed by atoms with E-state index in [1.54, 1.807) is 33.5 Å². The van der Waals surface area contributed by atoms with Gasteiger partial charge < -0.3 is 24.1 Å². The van der Waals surface area contributed by atoms with E-state index in [2.05, 4.69) is 0 Å². The lowest BCUT2D eigenvalue weighted by molar-refractivity contribution is 0.0317. The molecule has 0 heterocycles. The van der Waals surface area contributed by atoms with E-state index in [0.29, 0.717) is 23.0 Å². The zero-order valence-corrected chi connectivity index (χ0v) is 12.9. The Morgan fingerprint density at radius 2 is 1.52 bits per heavy atom. The van der Waals surface area contributed by atoms with Crippen molar-refractivity contribution in [3.63, 3.8) is 0 Å². The molecule has 118 valence electrons. The summed E-state index contributed by atoms with van der Waals surface area (Å²) in [6.07, 6.45) is 4.31.